The second-order valence-corrected chi connectivity index (χ2v) is 4.29. The number of fused-ring (bicyclic) bond motifs is 1. The zero-order valence-corrected chi connectivity index (χ0v) is 9.19. The van der Waals surface area contributed by atoms with Crippen LogP contribution in [-0.4, -0.2) is 9.78 Å². The molecule has 0 spiro atoms. The van der Waals surface area contributed by atoms with Crippen molar-refractivity contribution in [1.29, 1.82) is 0 Å². The Balaban J connectivity index is 2.13. The molecule has 0 radical (unpaired) electrons. The van der Waals surface area contributed by atoms with E-state index < -0.39 is 0 Å². The minimum atomic E-state index is 0.791. The number of aromatic nitrogens is 2. The van der Waals surface area contributed by atoms with Crippen LogP contribution < -0.4 is 5.73 Å². The summed E-state index contributed by atoms with van der Waals surface area (Å²) in [6, 6.07) is 7.90. The van der Waals surface area contributed by atoms with Gasteiger partial charge < -0.3 is 5.73 Å². The lowest BCUT2D eigenvalue weighted by molar-refractivity contribution is 0.653. The van der Waals surface area contributed by atoms with E-state index >= 15 is 0 Å². The largest absolute Gasteiger partial charge is 0.397 e. The van der Waals surface area contributed by atoms with Gasteiger partial charge in [-0.25, -0.2) is 4.68 Å². The summed E-state index contributed by atoms with van der Waals surface area (Å²) in [5.41, 5.74) is 10.5. The van der Waals surface area contributed by atoms with Crippen molar-refractivity contribution >= 4 is 5.69 Å². The minimum Gasteiger partial charge on any atom is -0.397 e. The Labute approximate surface area is 94.9 Å². The summed E-state index contributed by atoms with van der Waals surface area (Å²) in [6.45, 7) is 0. The van der Waals surface area contributed by atoms with Gasteiger partial charge >= 0.3 is 0 Å². The summed E-state index contributed by atoms with van der Waals surface area (Å²) in [7, 11) is 0. The first-order valence-electron chi connectivity index (χ1n) is 5.77. The van der Waals surface area contributed by atoms with Crippen LogP contribution in [0.4, 0.5) is 5.69 Å². The number of hydrogen-bond acceptors (Lipinski definition) is 2. The molecule has 3 heteroatoms. The summed E-state index contributed by atoms with van der Waals surface area (Å²) in [6.07, 6.45) is 6.79. The fourth-order valence-electron chi connectivity index (χ4n) is 2.38. The van der Waals surface area contributed by atoms with Gasteiger partial charge in [0, 0.05) is 5.69 Å². The highest BCUT2D eigenvalue weighted by molar-refractivity contribution is 5.57. The van der Waals surface area contributed by atoms with Crippen LogP contribution in [0.3, 0.4) is 0 Å². The van der Waals surface area contributed by atoms with Crippen LogP contribution in [0.1, 0.15) is 24.1 Å². The molecule has 1 aliphatic rings. The molecule has 0 fully saturated rings. The second-order valence-electron chi connectivity index (χ2n) is 4.29. The van der Waals surface area contributed by atoms with Crippen LogP contribution in [-0.2, 0) is 12.8 Å². The fourth-order valence-corrected chi connectivity index (χ4v) is 2.38. The number of rotatable bonds is 1. The van der Waals surface area contributed by atoms with Crippen molar-refractivity contribution in [2.24, 2.45) is 0 Å². The van der Waals surface area contributed by atoms with E-state index in [-0.39, 0.29) is 0 Å². The molecule has 0 saturated carbocycles. The average molecular weight is 213 g/mol. The highest BCUT2D eigenvalue weighted by atomic mass is 15.3. The first-order chi connectivity index (χ1) is 7.86. The van der Waals surface area contributed by atoms with Crippen LogP contribution in [0.25, 0.3) is 5.69 Å². The summed E-state index contributed by atoms with van der Waals surface area (Å²) in [5, 5.41) is 4.47. The molecule has 0 atom stereocenters. The van der Waals surface area contributed by atoms with E-state index in [0.29, 0.717) is 0 Å². The summed E-state index contributed by atoms with van der Waals surface area (Å²) in [4.78, 5) is 0. The Morgan fingerprint density at radius 3 is 2.81 bits per heavy atom. The Bertz CT molecular complexity index is 514. The first-order valence-corrected chi connectivity index (χ1v) is 5.77. The third kappa shape index (κ3) is 1.40. The molecule has 1 aliphatic carbocycles. The molecule has 0 amide bonds. The lowest BCUT2D eigenvalue weighted by Crippen LogP contribution is -2.09. The molecule has 2 aromatic rings. The topological polar surface area (TPSA) is 43.8 Å². The highest BCUT2D eigenvalue weighted by Crippen LogP contribution is 2.25. The highest BCUT2D eigenvalue weighted by Gasteiger charge is 2.16. The Morgan fingerprint density at radius 2 is 1.94 bits per heavy atom. The van der Waals surface area contributed by atoms with Crippen LogP contribution in [0.2, 0.25) is 0 Å². The van der Waals surface area contributed by atoms with Crippen molar-refractivity contribution in [3.05, 3.63) is 41.7 Å². The van der Waals surface area contributed by atoms with Crippen molar-refractivity contribution in [2.45, 2.75) is 25.7 Å². The number of nitrogens with two attached hydrogens (primary N) is 1. The zero-order chi connectivity index (χ0) is 11.0. The van der Waals surface area contributed by atoms with Gasteiger partial charge in [0.1, 0.15) is 0 Å². The molecule has 0 saturated heterocycles. The maximum Gasteiger partial charge on any atom is 0.0878 e. The van der Waals surface area contributed by atoms with Gasteiger partial charge in [0.25, 0.3) is 0 Å². The minimum absolute atomic E-state index is 0.791. The van der Waals surface area contributed by atoms with E-state index in [9.17, 15) is 0 Å². The number of para-hydroxylation sites is 2. The molecule has 0 bridgehead atoms. The molecule has 1 aromatic heterocycles. The molecule has 3 nitrogen and oxygen atoms in total. The van der Waals surface area contributed by atoms with Crippen LogP contribution in [0.5, 0.6) is 0 Å². The van der Waals surface area contributed by atoms with Crippen LogP contribution in [0.15, 0.2) is 30.5 Å². The second kappa shape index (κ2) is 3.67. The molecular weight excluding hydrogens is 198 g/mol. The molecule has 16 heavy (non-hydrogen) atoms. The molecule has 0 unspecified atom stereocenters. The normalized spacial score (nSPS) is 14.8. The van der Waals surface area contributed by atoms with Crippen molar-refractivity contribution in [3.8, 4) is 5.69 Å². The van der Waals surface area contributed by atoms with Gasteiger partial charge in [0.2, 0.25) is 0 Å². The Kier molecular flexibility index (Phi) is 2.17. The quantitative estimate of drug-likeness (QED) is 0.739. The van der Waals surface area contributed by atoms with Gasteiger partial charge in [-0.2, -0.15) is 5.10 Å². The molecule has 1 aromatic carbocycles. The number of anilines is 1. The van der Waals surface area contributed by atoms with Gasteiger partial charge in [-0.05, 0) is 43.4 Å². The first kappa shape index (κ1) is 9.46. The van der Waals surface area contributed by atoms with Crippen molar-refractivity contribution < 1.29 is 0 Å². The standard InChI is InChI=1S/C13H15N3/c14-11-6-2-4-8-13(11)16-12-7-3-1-5-10(12)9-15-16/h2,4,6,8-9H,1,3,5,7,14H2. The molecule has 1 heterocycles. The van der Waals surface area contributed by atoms with E-state index in [1.807, 2.05) is 35.1 Å². The van der Waals surface area contributed by atoms with Crippen LogP contribution >= 0.6 is 0 Å². The molecular formula is C13H15N3. The fraction of sp³-hybridized carbons (Fsp3) is 0.308. The number of nitrogens with zero attached hydrogens (tertiary/aromatic N) is 2. The summed E-state index contributed by atoms with van der Waals surface area (Å²) in [5.74, 6) is 0. The van der Waals surface area contributed by atoms with Crippen molar-refractivity contribution in [1.82, 2.24) is 9.78 Å². The lowest BCUT2D eigenvalue weighted by atomic mass is 9.98. The van der Waals surface area contributed by atoms with Gasteiger partial charge in [-0.3, -0.25) is 0 Å². The predicted octanol–water partition coefficient (Wildman–Crippen LogP) is 2.33. The van der Waals surface area contributed by atoms with E-state index in [2.05, 4.69) is 5.10 Å². The monoisotopic (exact) mass is 213 g/mol. The van der Waals surface area contributed by atoms with E-state index in [4.69, 9.17) is 5.73 Å². The van der Waals surface area contributed by atoms with Gasteiger partial charge in [0.05, 0.1) is 17.6 Å². The van der Waals surface area contributed by atoms with Crippen molar-refractivity contribution in [3.63, 3.8) is 0 Å². The summed E-state index contributed by atoms with van der Waals surface area (Å²) >= 11 is 0. The zero-order valence-electron chi connectivity index (χ0n) is 9.19. The maximum absolute atomic E-state index is 5.98. The van der Waals surface area contributed by atoms with E-state index in [1.165, 1.54) is 24.1 Å². The van der Waals surface area contributed by atoms with E-state index in [1.54, 1.807) is 0 Å². The van der Waals surface area contributed by atoms with Gasteiger partial charge in [0.15, 0.2) is 0 Å². The maximum atomic E-state index is 5.98. The van der Waals surface area contributed by atoms with Crippen LogP contribution in [0, 0.1) is 0 Å². The molecule has 3 rings (SSSR count). The predicted molar refractivity (Wildman–Crippen MR) is 64.6 cm³/mol. The number of hydrogen-bond donors (Lipinski definition) is 1. The Morgan fingerprint density at radius 1 is 1.12 bits per heavy atom. The molecule has 0 aliphatic heterocycles. The third-order valence-electron chi connectivity index (χ3n) is 3.23. The number of benzene rings is 1. The number of aryl methyl sites for hydroxylation is 1. The third-order valence-corrected chi connectivity index (χ3v) is 3.23. The SMILES string of the molecule is Nc1ccccc1-n1ncc2c1CCCC2. The van der Waals surface area contributed by atoms with Gasteiger partial charge in [-0.15, -0.1) is 0 Å². The van der Waals surface area contributed by atoms with E-state index in [0.717, 1.165) is 24.2 Å². The van der Waals surface area contributed by atoms with Gasteiger partial charge in [-0.1, -0.05) is 12.1 Å². The summed E-state index contributed by atoms with van der Waals surface area (Å²) < 4.78 is 2.00. The smallest absolute Gasteiger partial charge is 0.0878 e. The van der Waals surface area contributed by atoms with Crippen molar-refractivity contribution in [2.75, 3.05) is 5.73 Å². The number of nitrogen functional groups attached to an aromatic ring is 1. The molecule has 2 N–H and O–H groups in total. The molecule has 82 valence electrons. The average Bonchev–Trinajstić information content (AvgIpc) is 2.74. The lowest BCUT2D eigenvalue weighted by Gasteiger charge is -2.14. The Hall–Kier alpha value is -1.77.